The Hall–Kier alpha value is -2.85. The fourth-order valence-electron chi connectivity index (χ4n) is 5.39. The van der Waals surface area contributed by atoms with Gasteiger partial charge in [-0.3, -0.25) is 0 Å². The molecule has 1 aliphatic rings. The van der Waals surface area contributed by atoms with Gasteiger partial charge in [-0.25, -0.2) is 8.51 Å². The van der Waals surface area contributed by atoms with Gasteiger partial charge in [0.2, 0.25) is 0 Å². The summed E-state index contributed by atoms with van der Waals surface area (Å²) in [5, 5.41) is 0.492. The van der Waals surface area contributed by atoms with Crippen LogP contribution < -0.4 is 5.73 Å². The topological polar surface area (TPSA) is 73.0 Å². The van der Waals surface area contributed by atoms with Gasteiger partial charge in [0.05, 0.1) is 18.7 Å². The fourth-order valence-corrected chi connectivity index (χ4v) is 6.34. The molecule has 3 aromatic carbocycles. The number of likely N-dealkylation sites (tertiary alicyclic amines) is 1. The number of aromatic nitrogens is 1. The van der Waals surface area contributed by atoms with Crippen LogP contribution in [-0.4, -0.2) is 51.4 Å². The molecule has 4 aromatic rings. The van der Waals surface area contributed by atoms with Crippen molar-refractivity contribution in [2.24, 2.45) is 5.73 Å². The summed E-state index contributed by atoms with van der Waals surface area (Å²) < 4.78 is 29.0. The predicted octanol–water partition coefficient (Wildman–Crippen LogP) is 5.18. The number of rotatable bonds is 13. The molecule has 0 aliphatic carbocycles. The summed E-state index contributed by atoms with van der Waals surface area (Å²) in [5.74, 6) is 0. The van der Waals surface area contributed by atoms with Gasteiger partial charge < -0.3 is 24.7 Å². The van der Waals surface area contributed by atoms with Crippen LogP contribution in [0.1, 0.15) is 40.5 Å². The van der Waals surface area contributed by atoms with Gasteiger partial charge in [-0.1, -0.05) is 66.7 Å². The van der Waals surface area contributed by atoms with E-state index in [1.165, 1.54) is 18.4 Å². The molecule has 1 fully saturated rings. The van der Waals surface area contributed by atoms with Crippen molar-refractivity contribution < 1.29 is 13.7 Å². The minimum absolute atomic E-state index is 0.228. The Balaban J connectivity index is 1.30. The molecular weight excluding hydrogens is 520 g/mol. The van der Waals surface area contributed by atoms with Gasteiger partial charge in [-0.15, -0.1) is 0 Å². The van der Waals surface area contributed by atoms with E-state index in [9.17, 15) is 4.21 Å². The van der Waals surface area contributed by atoms with Gasteiger partial charge in [0.15, 0.2) is 0 Å². The second-order valence-electron chi connectivity index (χ2n) is 10.6. The Bertz CT molecular complexity index is 1400. The number of likely N-dealkylation sites (N-methyl/N-ethyl adjacent to an activating group) is 1. The van der Waals surface area contributed by atoms with Crippen LogP contribution in [0.4, 0.5) is 0 Å². The summed E-state index contributed by atoms with van der Waals surface area (Å²) in [4.78, 5) is 2.45. The smallest absolute Gasteiger partial charge is 0.123 e. The first-order valence-corrected chi connectivity index (χ1v) is 15.1. The number of fused-ring (bicyclic) bond motifs is 1. The lowest BCUT2D eigenvalue weighted by molar-refractivity contribution is 0.0667. The third-order valence-corrected chi connectivity index (χ3v) is 9.12. The zero-order valence-electron chi connectivity index (χ0n) is 23.4. The van der Waals surface area contributed by atoms with Gasteiger partial charge in [-0.2, -0.15) is 0 Å². The first-order chi connectivity index (χ1) is 19.5. The van der Waals surface area contributed by atoms with Gasteiger partial charge in [0.25, 0.3) is 0 Å². The maximum atomic E-state index is 13.3. The van der Waals surface area contributed by atoms with Gasteiger partial charge in [-0.05, 0) is 67.2 Å². The molecule has 3 atom stereocenters. The van der Waals surface area contributed by atoms with E-state index in [-0.39, 0.29) is 6.73 Å². The van der Waals surface area contributed by atoms with Crippen molar-refractivity contribution in [2.75, 3.05) is 27.4 Å². The summed E-state index contributed by atoms with van der Waals surface area (Å²) in [7, 11) is 2.54. The van der Waals surface area contributed by atoms with Crippen LogP contribution in [0.5, 0.6) is 0 Å². The van der Waals surface area contributed by atoms with Gasteiger partial charge in [0.1, 0.15) is 29.8 Å². The highest BCUT2D eigenvalue weighted by atomic mass is 32.2. The molecule has 0 saturated carbocycles. The van der Waals surface area contributed by atoms with Crippen molar-refractivity contribution in [3.8, 4) is 0 Å². The molecule has 2 N–H and O–H groups in total. The Morgan fingerprint density at radius 1 is 1.00 bits per heavy atom. The van der Waals surface area contributed by atoms with Crippen LogP contribution >= 0.6 is 0 Å². The average molecular weight is 561 g/mol. The normalized spacial score (nSPS) is 17.6. The maximum Gasteiger partial charge on any atom is 0.123 e. The van der Waals surface area contributed by atoms with Crippen LogP contribution in [0.15, 0.2) is 85.1 Å². The molecular formula is C32H40N4O3S. The third-order valence-electron chi connectivity index (χ3n) is 7.69. The van der Waals surface area contributed by atoms with E-state index in [0.29, 0.717) is 26.0 Å². The van der Waals surface area contributed by atoms with Crippen LogP contribution in [0.3, 0.4) is 0 Å². The van der Waals surface area contributed by atoms with Crippen molar-refractivity contribution in [3.05, 3.63) is 107 Å². The Kier molecular flexibility index (Phi) is 9.80. The number of ether oxygens (including phenoxy) is 2. The molecule has 40 heavy (non-hydrogen) atoms. The summed E-state index contributed by atoms with van der Waals surface area (Å²) >= 11 is 0. The lowest BCUT2D eigenvalue weighted by atomic mass is 10.0. The zero-order chi connectivity index (χ0) is 27.9. The Morgan fingerprint density at radius 2 is 1.68 bits per heavy atom. The van der Waals surface area contributed by atoms with Crippen LogP contribution in [0.25, 0.3) is 10.9 Å². The van der Waals surface area contributed by atoms with E-state index in [2.05, 4.69) is 47.0 Å². The van der Waals surface area contributed by atoms with Crippen molar-refractivity contribution in [3.63, 3.8) is 0 Å². The van der Waals surface area contributed by atoms with E-state index in [1.54, 1.807) is 11.4 Å². The second kappa shape index (κ2) is 13.7. The summed E-state index contributed by atoms with van der Waals surface area (Å²) in [6, 6.07) is 26.9. The molecule has 2 heterocycles. The molecule has 0 bridgehead atoms. The summed E-state index contributed by atoms with van der Waals surface area (Å²) in [5.41, 5.74) is 12.0. The molecule has 0 spiro atoms. The van der Waals surface area contributed by atoms with E-state index in [4.69, 9.17) is 15.2 Å². The predicted molar refractivity (Wildman–Crippen MR) is 161 cm³/mol. The van der Waals surface area contributed by atoms with E-state index in [1.807, 2.05) is 54.6 Å². The van der Waals surface area contributed by atoms with Gasteiger partial charge in [0, 0.05) is 24.7 Å². The van der Waals surface area contributed by atoms with Crippen LogP contribution in [-0.2, 0) is 46.8 Å². The molecule has 5 rings (SSSR count). The quantitative estimate of drug-likeness (QED) is 0.228. The Morgan fingerprint density at radius 3 is 2.33 bits per heavy atom. The standard InChI is InChI=1S/C32H40N4O3S/c1-34-17-9-14-29(34)18-28-20-36(24-39-22-26-12-7-4-8-13-26)31-16-15-27(19-30(28)31)32(33)40(37)35(2)23-38-21-25-10-5-3-6-11-25/h3-8,10-13,15-16,19-20,29,32H,9,14,17-18,21-24,33H2,1-2H3/t29-,32?,40?/m1/s1. The zero-order valence-corrected chi connectivity index (χ0v) is 24.3. The number of hydrogen-bond donors (Lipinski definition) is 1. The first-order valence-electron chi connectivity index (χ1n) is 13.9. The molecule has 0 radical (unpaired) electrons. The van der Waals surface area contributed by atoms with Crippen molar-refractivity contribution in [1.82, 2.24) is 13.8 Å². The molecule has 212 valence electrons. The van der Waals surface area contributed by atoms with Crippen LogP contribution in [0, 0.1) is 0 Å². The van der Waals surface area contributed by atoms with Gasteiger partial charge >= 0.3 is 0 Å². The van der Waals surface area contributed by atoms with Crippen LogP contribution in [0.2, 0.25) is 0 Å². The molecule has 1 aliphatic heterocycles. The summed E-state index contributed by atoms with van der Waals surface area (Å²) in [6.07, 6.45) is 5.61. The highest BCUT2D eigenvalue weighted by Gasteiger charge is 2.24. The van der Waals surface area contributed by atoms with Crippen molar-refractivity contribution in [1.29, 1.82) is 0 Å². The van der Waals surface area contributed by atoms with E-state index in [0.717, 1.165) is 40.6 Å². The number of nitrogens with two attached hydrogens (primary N) is 1. The van der Waals surface area contributed by atoms with E-state index < -0.39 is 16.4 Å². The molecule has 7 nitrogen and oxygen atoms in total. The molecule has 1 aromatic heterocycles. The maximum absolute atomic E-state index is 13.3. The minimum Gasteiger partial charge on any atom is -0.360 e. The molecule has 2 unspecified atom stereocenters. The Labute approximate surface area is 240 Å². The SMILES string of the molecule is CN1CCC[C@@H]1Cc1cn(COCc2ccccc2)c2ccc(C(N)S(=O)N(C)COCc3ccccc3)cc12. The largest absolute Gasteiger partial charge is 0.360 e. The van der Waals surface area contributed by atoms with E-state index >= 15 is 0 Å². The molecule has 1 saturated heterocycles. The fraction of sp³-hybridized carbons (Fsp3) is 0.375. The number of nitrogens with zero attached hydrogens (tertiary/aromatic N) is 3. The third kappa shape index (κ3) is 7.07. The number of hydrogen-bond acceptors (Lipinski definition) is 5. The lowest BCUT2D eigenvalue weighted by Gasteiger charge is -2.21. The second-order valence-corrected chi connectivity index (χ2v) is 12.3. The minimum atomic E-state index is -1.45. The summed E-state index contributed by atoms with van der Waals surface area (Å²) in [6.45, 7) is 2.85. The highest BCUT2D eigenvalue weighted by molar-refractivity contribution is 7.82. The molecule has 8 heteroatoms. The van der Waals surface area contributed by atoms with Crippen molar-refractivity contribution >= 4 is 21.9 Å². The highest BCUT2D eigenvalue weighted by Crippen LogP contribution is 2.30. The first kappa shape index (κ1) is 28.7. The lowest BCUT2D eigenvalue weighted by Crippen LogP contribution is -2.31. The van der Waals surface area contributed by atoms with Crippen molar-refractivity contribution in [2.45, 2.75) is 50.6 Å². The monoisotopic (exact) mass is 560 g/mol. The number of benzene rings is 3. The average Bonchev–Trinajstić information content (AvgIpc) is 3.55. The molecule has 0 amide bonds.